The molecular weight excluding hydrogens is 278 g/mol. The van der Waals surface area contributed by atoms with Gasteiger partial charge in [-0.2, -0.15) is 5.10 Å². The van der Waals surface area contributed by atoms with Crippen molar-refractivity contribution < 1.29 is 4.79 Å². The van der Waals surface area contributed by atoms with Crippen molar-refractivity contribution in [2.75, 3.05) is 13.1 Å². The number of hydrogen-bond acceptors (Lipinski definition) is 4. The SMILES string of the molecule is C[C@H](N)[C@@H]1CCCN(C(=O)c2cccc(-n3cncn3)c2)C1. The monoisotopic (exact) mass is 299 g/mol. The van der Waals surface area contributed by atoms with E-state index in [1.165, 1.54) is 6.33 Å². The van der Waals surface area contributed by atoms with Gasteiger partial charge in [0, 0.05) is 24.7 Å². The summed E-state index contributed by atoms with van der Waals surface area (Å²) in [6, 6.07) is 7.60. The highest BCUT2D eigenvalue weighted by Gasteiger charge is 2.26. The molecule has 1 fully saturated rings. The first-order chi connectivity index (χ1) is 10.6. The molecule has 6 heteroatoms. The first-order valence-corrected chi connectivity index (χ1v) is 7.65. The molecule has 2 atom stereocenters. The topological polar surface area (TPSA) is 77.0 Å². The zero-order valence-electron chi connectivity index (χ0n) is 12.7. The Balaban J connectivity index is 1.79. The Labute approximate surface area is 129 Å². The van der Waals surface area contributed by atoms with Crippen molar-refractivity contribution in [2.45, 2.75) is 25.8 Å². The summed E-state index contributed by atoms with van der Waals surface area (Å²) in [4.78, 5) is 18.6. The van der Waals surface area contributed by atoms with E-state index in [0.717, 1.165) is 31.6 Å². The van der Waals surface area contributed by atoms with Crippen LogP contribution in [-0.2, 0) is 0 Å². The van der Waals surface area contributed by atoms with Crippen molar-refractivity contribution in [3.63, 3.8) is 0 Å². The Morgan fingerprint density at radius 2 is 2.32 bits per heavy atom. The minimum atomic E-state index is 0.0623. The number of piperidine rings is 1. The molecule has 22 heavy (non-hydrogen) atoms. The minimum Gasteiger partial charge on any atom is -0.338 e. The first kappa shape index (κ1) is 14.7. The maximum absolute atomic E-state index is 12.7. The molecule has 0 unspecified atom stereocenters. The van der Waals surface area contributed by atoms with Gasteiger partial charge >= 0.3 is 0 Å². The van der Waals surface area contributed by atoms with Gasteiger partial charge in [0.15, 0.2) is 0 Å². The molecule has 2 aromatic rings. The highest BCUT2D eigenvalue weighted by Crippen LogP contribution is 2.21. The quantitative estimate of drug-likeness (QED) is 0.931. The fourth-order valence-electron chi connectivity index (χ4n) is 2.93. The van der Waals surface area contributed by atoms with Crippen LogP contribution in [0.2, 0.25) is 0 Å². The molecule has 1 saturated heterocycles. The molecule has 116 valence electrons. The molecule has 1 amide bonds. The average Bonchev–Trinajstić information content (AvgIpc) is 3.09. The predicted molar refractivity (Wildman–Crippen MR) is 83.6 cm³/mol. The number of rotatable bonds is 3. The Kier molecular flexibility index (Phi) is 4.20. The lowest BCUT2D eigenvalue weighted by Gasteiger charge is -2.34. The van der Waals surface area contributed by atoms with Crippen LogP contribution in [0, 0.1) is 5.92 Å². The van der Waals surface area contributed by atoms with Crippen molar-refractivity contribution in [3.8, 4) is 5.69 Å². The summed E-state index contributed by atoms with van der Waals surface area (Å²) in [6.45, 7) is 3.56. The third kappa shape index (κ3) is 3.01. The second-order valence-corrected chi connectivity index (χ2v) is 5.90. The van der Waals surface area contributed by atoms with Crippen LogP contribution >= 0.6 is 0 Å². The van der Waals surface area contributed by atoms with E-state index in [9.17, 15) is 4.79 Å². The molecule has 2 N–H and O–H groups in total. The Hall–Kier alpha value is -2.21. The number of hydrogen-bond donors (Lipinski definition) is 1. The smallest absolute Gasteiger partial charge is 0.253 e. The maximum atomic E-state index is 12.7. The number of carbonyl (C=O) groups excluding carboxylic acids is 1. The second kappa shape index (κ2) is 6.27. The molecule has 6 nitrogen and oxygen atoms in total. The number of carbonyl (C=O) groups is 1. The molecule has 1 aromatic carbocycles. The van der Waals surface area contributed by atoms with E-state index >= 15 is 0 Å². The van der Waals surface area contributed by atoms with Gasteiger partial charge in [-0.1, -0.05) is 6.07 Å². The molecule has 1 aliphatic rings. The number of nitrogens with two attached hydrogens (primary N) is 1. The van der Waals surface area contributed by atoms with E-state index in [1.54, 1.807) is 11.0 Å². The summed E-state index contributed by atoms with van der Waals surface area (Å²) < 4.78 is 1.65. The molecule has 0 saturated carbocycles. The van der Waals surface area contributed by atoms with Gasteiger partial charge in [-0.3, -0.25) is 4.79 Å². The van der Waals surface area contributed by atoms with Crippen LogP contribution in [0.15, 0.2) is 36.9 Å². The van der Waals surface area contributed by atoms with Crippen molar-refractivity contribution >= 4 is 5.91 Å². The Morgan fingerprint density at radius 3 is 3.05 bits per heavy atom. The molecule has 0 radical (unpaired) electrons. The standard InChI is InChI=1S/C16H21N5O/c1-12(17)14-5-3-7-20(9-14)16(22)13-4-2-6-15(8-13)21-11-18-10-19-21/h2,4,6,8,10-12,14H,3,5,7,9,17H2,1H3/t12-,14+/m0/s1. The van der Waals surface area contributed by atoms with Gasteiger partial charge in [0.2, 0.25) is 0 Å². The third-order valence-corrected chi connectivity index (χ3v) is 4.27. The number of amides is 1. The normalized spacial score (nSPS) is 19.9. The number of nitrogens with zero attached hydrogens (tertiary/aromatic N) is 4. The van der Waals surface area contributed by atoms with E-state index in [2.05, 4.69) is 10.1 Å². The number of likely N-dealkylation sites (tertiary alicyclic amines) is 1. The fraction of sp³-hybridized carbons (Fsp3) is 0.438. The van der Waals surface area contributed by atoms with Crippen LogP contribution in [0.3, 0.4) is 0 Å². The van der Waals surface area contributed by atoms with Gasteiger partial charge in [0.25, 0.3) is 5.91 Å². The molecule has 3 rings (SSSR count). The van der Waals surface area contributed by atoms with Crippen molar-refractivity contribution in [3.05, 3.63) is 42.5 Å². The molecule has 1 aromatic heterocycles. The van der Waals surface area contributed by atoms with E-state index in [1.807, 2.05) is 36.1 Å². The minimum absolute atomic E-state index is 0.0623. The second-order valence-electron chi connectivity index (χ2n) is 5.90. The van der Waals surface area contributed by atoms with Crippen molar-refractivity contribution in [1.29, 1.82) is 0 Å². The zero-order valence-corrected chi connectivity index (χ0v) is 12.7. The fourth-order valence-corrected chi connectivity index (χ4v) is 2.93. The molecule has 0 aliphatic carbocycles. The summed E-state index contributed by atoms with van der Waals surface area (Å²) in [5, 5.41) is 4.10. The number of aromatic nitrogens is 3. The summed E-state index contributed by atoms with van der Waals surface area (Å²) in [5.41, 5.74) is 7.52. The summed E-state index contributed by atoms with van der Waals surface area (Å²) >= 11 is 0. The zero-order chi connectivity index (χ0) is 15.5. The van der Waals surface area contributed by atoms with Gasteiger partial charge in [-0.15, -0.1) is 0 Å². The van der Waals surface area contributed by atoms with Crippen LogP contribution in [-0.4, -0.2) is 44.7 Å². The van der Waals surface area contributed by atoms with Gasteiger partial charge in [-0.25, -0.2) is 9.67 Å². The predicted octanol–water partition coefficient (Wildman–Crippen LogP) is 1.47. The van der Waals surface area contributed by atoms with Crippen molar-refractivity contribution in [1.82, 2.24) is 19.7 Å². The van der Waals surface area contributed by atoms with Crippen LogP contribution < -0.4 is 5.73 Å². The maximum Gasteiger partial charge on any atom is 0.253 e. The van der Waals surface area contributed by atoms with Crippen LogP contribution in [0.4, 0.5) is 0 Å². The first-order valence-electron chi connectivity index (χ1n) is 7.65. The lowest BCUT2D eigenvalue weighted by atomic mass is 9.92. The molecular formula is C16H21N5O. The van der Waals surface area contributed by atoms with E-state index < -0.39 is 0 Å². The summed E-state index contributed by atoms with van der Waals surface area (Å²) in [7, 11) is 0. The van der Waals surface area contributed by atoms with Crippen LogP contribution in [0.5, 0.6) is 0 Å². The van der Waals surface area contributed by atoms with Gasteiger partial charge in [0.05, 0.1) is 5.69 Å². The largest absolute Gasteiger partial charge is 0.338 e. The average molecular weight is 299 g/mol. The lowest BCUT2D eigenvalue weighted by molar-refractivity contribution is 0.0661. The van der Waals surface area contributed by atoms with Crippen LogP contribution in [0.25, 0.3) is 5.69 Å². The van der Waals surface area contributed by atoms with Crippen molar-refractivity contribution in [2.24, 2.45) is 11.7 Å². The number of benzene rings is 1. The Bertz CT molecular complexity index is 638. The molecule has 2 heterocycles. The van der Waals surface area contributed by atoms with Crippen LogP contribution in [0.1, 0.15) is 30.1 Å². The van der Waals surface area contributed by atoms with Gasteiger partial charge in [0.1, 0.15) is 12.7 Å². The van der Waals surface area contributed by atoms with E-state index in [4.69, 9.17) is 5.73 Å². The highest BCUT2D eigenvalue weighted by atomic mass is 16.2. The molecule has 1 aliphatic heterocycles. The third-order valence-electron chi connectivity index (χ3n) is 4.27. The van der Waals surface area contributed by atoms with Gasteiger partial charge < -0.3 is 10.6 Å². The molecule has 0 bridgehead atoms. The summed E-state index contributed by atoms with van der Waals surface area (Å²) in [6.07, 6.45) is 5.21. The van der Waals surface area contributed by atoms with E-state index in [0.29, 0.717) is 11.5 Å². The van der Waals surface area contributed by atoms with Gasteiger partial charge in [-0.05, 0) is 43.9 Å². The summed E-state index contributed by atoms with van der Waals surface area (Å²) in [5.74, 6) is 0.448. The molecule has 0 spiro atoms. The lowest BCUT2D eigenvalue weighted by Crippen LogP contribution is -2.45. The van der Waals surface area contributed by atoms with E-state index in [-0.39, 0.29) is 11.9 Å². The Morgan fingerprint density at radius 1 is 1.45 bits per heavy atom. The highest BCUT2D eigenvalue weighted by molar-refractivity contribution is 5.94.